The Hall–Kier alpha value is -1.55. The van der Waals surface area contributed by atoms with E-state index in [4.69, 9.17) is 11.6 Å². The van der Waals surface area contributed by atoms with Crippen LogP contribution in [0.15, 0.2) is 24.3 Å². The van der Waals surface area contributed by atoms with Gasteiger partial charge in [0, 0.05) is 37.6 Å². The van der Waals surface area contributed by atoms with Gasteiger partial charge in [0.1, 0.15) is 0 Å². The van der Waals surface area contributed by atoms with Crippen molar-refractivity contribution in [2.24, 2.45) is 0 Å². The molecule has 2 amide bonds. The van der Waals surface area contributed by atoms with E-state index in [0.29, 0.717) is 37.5 Å². The van der Waals surface area contributed by atoms with Crippen molar-refractivity contribution >= 4 is 23.4 Å². The van der Waals surface area contributed by atoms with Gasteiger partial charge in [-0.25, -0.2) is 0 Å². The largest absolute Gasteiger partial charge is 0.341 e. The smallest absolute Gasteiger partial charge is 0.227 e. The van der Waals surface area contributed by atoms with Gasteiger partial charge in [0.05, 0.1) is 6.42 Å². The number of carbonyl (C=O) groups is 2. The van der Waals surface area contributed by atoms with E-state index in [1.165, 1.54) is 0 Å². The van der Waals surface area contributed by atoms with Crippen molar-refractivity contribution in [2.75, 3.05) is 26.2 Å². The molecule has 4 nitrogen and oxygen atoms in total. The summed E-state index contributed by atoms with van der Waals surface area (Å²) >= 11 is 6.12. The van der Waals surface area contributed by atoms with Gasteiger partial charge in [-0.15, -0.1) is 0 Å². The summed E-state index contributed by atoms with van der Waals surface area (Å²) in [6.07, 6.45) is 2.62. The zero-order valence-electron chi connectivity index (χ0n) is 13.1. The lowest BCUT2D eigenvalue weighted by atomic mass is 10.1. The average molecular weight is 323 g/mol. The monoisotopic (exact) mass is 322 g/mol. The highest BCUT2D eigenvalue weighted by molar-refractivity contribution is 6.31. The Bertz CT molecular complexity index is 533. The number of hydrogen-bond acceptors (Lipinski definition) is 2. The number of nitrogens with zero attached hydrogens (tertiary/aromatic N) is 2. The van der Waals surface area contributed by atoms with Crippen LogP contribution in [0.4, 0.5) is 0 Å². The normalized spacial score (nSPS) is 15.5. The predicted octanol–water partition coefficient (Wildman–Crippen LogP) is 2.74. The van der Waals surface area contributed by atoms with Crippen LogP contribution >= 0.6 is 11.6 Å². The molecule has 0 radical (unpaired) electrons. The van der Waals surface area contributed by atoms with E-state index in [2.05, 4.69) is 0 Å². The SMILES string of the molecule is CCCC(=O)N1CCCN(C(=O)Cc2ccccc2Cl)CC1. The second-order valence-corrected chi connectivity index (χ2v) is 6.04. The molecule has 2 rings (SSSR count). The van der Waals surface area contributed by atoms with Crippen LogP contribution in [-0.2, 0) is 16.0 Å². The van der Waals surface area contributed by atoms with Gasteiger partial charge in [0.25, 0.3) is 0 Å². The van der Waals surface area contributed by atoms with Crippen molar-refractivity contribution in [1.82, 2.24) is 9.80 Å². The minimum absolute atomic E-state index is 0.0814. The standard InChI is InChI=1S/C17H23ClN2O2/c1-2-6-16(21)19-9-5-10-20(12-11-19)17(22)13-14-7-3-4-8-15(14)18/h3-4,7-8H,2,5-6,9-13H2,1H3. The first kappa shape index (κ1) is 16.8. The van der Waals surface area contributed by atoms with Crippen LogP contribution in [0.5, 0.6) is 0 Å². The van der Waals surface area contributed by atoms with Crippen molar-refractivity contribution in [3.63, 3.8) is 0 Å². The number of amides is 2. The highest BCUT2D eigenvalue weighted by Crippen LogP contribution is 2.17. The summed E-state index contributed by atoms with van der Waals surface area (Å²) in [5.41, 5.74) is 0.859. The van der Waals surface area contributed by atoms with Gasteiger partial charge in [-0.1, -0.05) is 36.7 Å². The molecular formula is C17H23ClN2O2. The first-order valence-electron chi connectivity index (χ1n) is 7.90. The zero-order valence-corrected chi connectivity index (χ0v) is 13.8. The lowest BCUT2D eigenvalue weighted by Crippen LogP contribution is -2.37. The number of halogens is 1. The Morgan fingerprint density at radius 3 is 2.32 bits per heavy atom. The molecule has 1 saturated heterocycles. The van der Waals surface area contributed by atoms with E-state index in [1.807, 2.05) is 34.9 Å². The van der Waals surface area contributed by atoms with Crippen LogP contribution in [0.25, 0.3) is 0 Å². The van der Waals surface area contributed by atoms with Gasteiger partial charge in [0.15, 0.2) is 0 Å². The molecule has 0 aliphatic carbocycles. The molecule has 22 heavy (non-hydrogen) atoms. The molecule has 0 unspecified atom stereocenters. The molecule has 0 bridgehead atoms. The maximum Gasteiger partial charge on any atom is 0.227 e. The van der Waals surface area contributed by atoms with Gasteiger partial charge in [0.2, 0.25) is 11.8 Å². The van der Waals surface area contributed by atoms with Crippen molar-refractivity contribution in [1.29, 1.82) is 0 Å². The third kappa shape index (κ3) is 4.47. The molecule has 1 aromatic rings. The van der Waals surface area contributed by atoms with Crippen molar-refractivity contribution in [3.8, 4) is 0 Å². The lowest BCUT2D eigenvalue weighted by molar-refractivity contribution is -0.133. The first-order chi connectivity index (χ1) is 10.6. The third-order valence-electron chi connectivity index (χ3n) is 3.96. The quantitative estimate of drug-likeness (QED) is 0.855. The summed E-state index contributed by atoms with van der Waals surface area (Å²) in [5, 5.41) is 0.630. The highest BCUT2D eigenvalue weighted by atomic mass is 35.5. The molecule has 1 aliphatic rings. The van der Waals surface area contributed by atoms with Gasteiger partial charge in [-0.3, -0.25) is 9.59 Å². The van der Waals surface area contributed by atoms with E-state index in [1.54, 1.807) is 6.07 Å². The van der Waals surface area contributed by atoms with E-state index in [0.717, 1.165) is 24.9 Å². The molecule has 1 fully saturated rings. The van der Waals surface area contributed by atoms with Crippen LogP contribution in [0, 0.1) is 0 Å². The van der Waals surface area contributed by atoms with E-state index < -0.39 is 0 Å². The Kier molecular flexibility index (Phi) is 6.25. The van der Waals surface area contributed by atoms with Crippen LogP contribution in [0.3, 0.4) is 0 Å². The fraction of sp³-hybridized carbons (Fsp3) is 0.529. The maximum atomic E-state index is 12.4. The van der Waals surface area contributed by atoms with Crippen molar-refractivity contribution in [2.45, 2.75) is 32.6 Å². The number of rotatable bonds is 4. The summed E-state index contributed by atoms with van der Waals surface area (Å²) in [5.74, 6) is 0.279. The number of carbonyl (C=O) groups excluding carboxylic acids is 2. The predicted molar refractivity (Wildman–Crippen MR) is 87.8 cm³/mol. The molecule has 0 saturated carbocycles. The average Bonchev–Trinajstić information content (AvgIpc) is 2.76. The van der Waals surface area contributed by atoms with Gasteiger partial charge >= 0.3 is 0 Å². The summed E-state index contributed by atoms with van der Waals surface area (Å²) in [4.78, 5) is 28.1. The van der Waals surface area contributed by atoms with Crippen LogP contribution in [0.1, 0.15) is 31.7 Å². The van der Waals surface area contributed by atoms with Gasteiger partial charge in [-0.2, -0.15) is 0 Å². The van der Waals surface area contributed by atoms with Gasteiger partial charge < -0.3 is 9.80 Å². The molecule has 0 spiro atoms. The minimum Gasteiger partial charge on any atom is -0.341 e. The Morgan fingerprint density at radius 1 is 1.05 bits per heavy atom. The second-order valence-electron chi connectivity index (χ2n) is 5.63. The van der Waals surface area contributed by atoms with Crippen LogP contribution in [-0.4, -0.2) is 47.8 Å². The van der Waals surface area contributed by atoms with Crippen LogP contribution in [0.2, 0.25) is 5.02 Å². The number of benzene rings is 1. The van der Waals surface area contributed by atoms with Crippen LogP contribution < -0.4 is 0 Å². The molecule has 1 aromatic carbocycles. The summed E-state index contributed by atoms with van der Waals surface area (Å²) < 4.78 is 0. The zero-order chi connectivity index (χ0) is 15.9. The fourth-order valence-corrected chi connectivity index (χ4v) is 2.91. The molecule has 1 aliphatic heterocycles. The topological polar surface area (TPSA) is 40.6 Å². The highest BCUT2D eigenvalue weighted by Gasteiger charge is 2.21. The Labute approximate surface area is 137 Å². The molecule has 0 N–H and O–H groups in total. The molecule has 120 valence electrons. The van der Waals surface area contributed by atoms with E-state index >= 15 is 0 Å². The summed E-state index contributed by atoms with van der Waals surface area (Å²) in [6.45, 7) is 4.70. The number of hydrogen-bond donors (Lipinski definition) is 0. The molecule has 0 aromatic heterocycles. The second kappa shape index (κ2) is 8.18. The lowest BCUT2D eigenvalue weighted by Gasteiger charge is -2.22. The van der Waals surface area contributed by atoms with E-state index in [-0.39, 0.29) is 11.8 Å². The van der Waals surface area contributed by atoms with Gasteiger partial charge in [-0.05, 0) is 24.5 Å². The van der Waals surface area contributed by atoms with Crippen molar-refractivity contribution < 1.29 is 9.59 Å². The minimum atomic E-state index is 0.0814. The molecular weight excluding hydrogens is 300 g/mol. The van der Waals surface area contributed by atoms with E-state index in [9.17, 15) is 9.59 Å². The fourth-order valence-electron chi connectivity index (χ4n) is 2.70. The Morgan fingerprint density at radius 2 is 1.68 bits per heavy atom. The van der Waals surface area contributed by atoms with Crippen molar-refractivity contribution in [3.05, 3.63) is 34.9 Å². The first-order valence-corrected chi connectivity index (χ1v) is 8.28. The summed E-state index contributed by atoms with van der Waals surface area (Å²) in [6, 6.07) is 7.44. The Balaban J connectivity index is 1.92. The molecule has 0 atom stereocenters. The third-order valence-corrected chi connectivity index (χ3v) is 4.33. The maximum absolute atomic E-state index is 12.4. The molecule has 1 heterocycles. The molecule has 5 heteroatoms. The summed E-state index contributed by atoms with van der Waals surface area (Å²) in [7, 11) is 0.